The van der Waals surface area contributed by atoms with Crippen LogP contribution < -0.4 is 20.3 Å². The van der Waals surface area contributed by atoms with Crippen LogP contribution in [0.3, 0.4) is 0 Å². The van der Waals surface area contributed by atoms with Crippen LogP contribution in [0.4, 0.5) is 25.8 Å². The van der Waals surface area contributed by atoms with E-state index in [1.165, 1.54) is 35.2 Å². The van der Waals surface area contributed by atoms with E-state index in [1.54, 1.807) is 0 Å². The van der Waals surface area contributed by atoms with E-state index in [1.807, 2.05) is 36.4 Å². The van der Waals surface area contributed by atoms with Crippen LogP contribution in [0.2, 0.25) is 0 Å². The molecular formula is C29H30F2N6O3. The highest BCUT2D eigenvalue weighted by atomic mass is 19.1. The number of aromatic nitrogens is 3. The third-order valence-electron chi connectivity index (χ3n) is 7.21. The first-order valence-electron chi connectivity index (χ1n) is 13.2. The molecule has 40 heavy (non-hydrogen) atoms. The number of nitrogens with two attached hydrogens (primary N) is 1. The summed E-state index contributed by atoms with van der Waals surface area (Å²) >= 11 is 0. The average Bonchev–Trinajstić information content (AvgIpc) is 3.63. The van der Waals surface area contributed by atoms with Crippen molar-refractivity contribution in [2.45, 2.75) is 18.4 Å². The molecule has 6 rings (SSSR count). The molecule has 3 heterocycles. The number of ether oxygens (including phenoxy) is 3. The van der Waals surface area contributed by atoms with Crippen LogP contribution in [0.25, 0.3) is 0 Å². The highest BCUT2D eigenvalue weighted by Crippen LogP contribution is 2.38. The van der Waals surface area contributed by atoms with Crippen LogP contribution in [0, 0.1) is 11.6 Å². The maximum absolute atomic E-state index is 14.8. The molecule has 2 N–H and O–H groups in total. The average molecular weight is 549 g/mol. The third-order valence-corrected chi connectivity index (χ3v) is 7.21. The molecule has 4 aromatic rings. The summed E-state index contributed by atoms with van der Waals surface area (Å²) in [4.78, 5) is 8.64. The van der Waals surface area contributed by atoms with Crippen molar-refractivity contribution in [2.75, 3.05) is 54.9 Å². The molecule has 0 aliphatic carbocycles. The molecule has 0 saturated carbocycles. The van der Waals surface area contributed by atoms with Crippen LogP contribution >= 0.6 is 0 Å². The zero-order valence-electron chi connectivity index (χ0n) is 21.8. The van der Waals surface area contributed by atoms with Gasteiger partial charge in [0, 0.05) is 54.9 Å². The van der Waals surface area contributed by atoms with E-state index in [0.29, 0.717) is 5.75 Å². The van der Waals surface area contributed by atoms with Crippen molar-refractivity contribution in [3.05, 3.63) is 96.6 Å². The highest BCUT2D eigenvalue weighted by molar-refractivity contribution is 5.55. The first-order valence-corrected chi connectivity index (χ1v) is 13.2. The Bertz CT molecular complexity index is 1410. The molecule has 0 amide bonds. The second-order valence-corrected chi connectivity index (χ2v) is 9.89. The molecule has 208 valence electrons. The predicted octanol–water partition coefficient (Wildman–Crippen LogP) is 3.81. The van der Waals surface area contributed by atoms with E-state index in [-0.39, 0.29) is 25.3 Å². The molecule has 2 aliphatic heterocycles. The van der Waals surface area contributed by atoms with E-state index < -0.39 is 23.5 Å². The Morgan fingerprint density at radius 1 is 0.925 bits per heavy atom. The summed E-state index contributed by atoms with van der Waals surface area (Å²) in [5, 5.41) is 4.09. The van der Waals surface area contributed by atoms with Crippen molar-refractivity contribution < 1.29 is 23.0 Å². The standard InChI is InChI=1S/C29H30F2N6O3/c30-21-1-10-27(28(31)15-21)29(18-37-20-33-19-34-37)39-17-26(40-29)16-38-25-8-6-24(7-9-25)36-13-11-35(12-14-36)23-4-2-22(32)3-5-23/h1-10,15,19-20,26H,11-14,16-18,32H2. The van der Waals surface area contributed by atoms with Gasteiger partial charge < -0.3 is 29.7 Å². The maximum Gasteiger partial charge on any atom is 0.218 e. The van der Waals surface area contributed by atoms with Crippen LogP contribution in [0.5, 0.6) is 5.75 Å². The fourth-order valence-electron chi connectivity index (χ4n) is 5.13. The lowest BCUT2D eigenvalue weighted by molar-refractivity contribution is -0.192. The number of nitrogens with zero attached hydrogens (tertiary/aromatic N) is 5. The Morgan fingerprint density at radius 3 is 2.23 bits per heavy atom. The Morgan fingerprint density at radius 2 is 1.60 bits per heavy atom. The lowest BCUT2D eigenvalue weighted by Gasteiger charge is -2.37. The first kappa shape index (κ1) is 26.0. The minimum atomic E-state index is -1.49. The SMILES string of the molecule is Nc1ccc(N2CCN(c3ccc(OCC4COC(Cn5cncn5)(c5ccc(F)cc5F)O4)cc3)CC2)cc1. The van der Waals surface area contributed by atoms with Crippen LogP contribution in [-0.4, -0.2) is 60.3 Å². The Hall–Kier alpha value is -4.22. The van der Waals surface area contributed by atoms with Gasteiger partial charge in [0.1, 0.15) is 49.3 Å². The van der Waals surface area contributed by atoms with Crippen LogP contribution in [0.1, 0.15) is 5.56 Å². The predicted molar refractivity (Wildman–Crippen MR) is 146 cm³/mol. The second-order valence-electron chi connectivity index (χ2n) is 9.89. The second kappa shape index (κ2) is 11.1. The maximum atomic E-state index is 14.8. The van der Waals surface area contributed by atoms with Crippen LogP contribution in [-0.2, 0) is 21.8 Å². The summed E-state index contributed by atoms with van der Waals surface area (Å²) in [6.45, 7) is 4.07. The summed E-state index contributed by atoms with van der Waals surface area (Å²) < 4.78 is 48.1. The fraction of sp³-hybridized carbons (Fsp3) is 0.310. The largest absolute Gasteiger partial charge is 0.491 e. The van der Waals surface area contributed by atoms with Crippen molar-refractivity contribution in [1.29, 1.82) is 0 Å². The Kier molecular flexibility index (Phi) is 7.23. The van der Waals surface area contributed by atoms with Crippen molar-refractivity contribution in [3.8, 4) is 5.75 Å². The van der Waals surface area contributed by atoms with Gasteiger partial charge >= 0.3 is 0 Å². The van der Waals surface area contributed by atoms with Gasteiger partial charge in [0.2, 0.25) is 5.79 Å². The topological polar surface area (TPSA) is 90.9 Å². The number of halogens is 2. The molecule has 2 aliphatic rings. The zero-order chi connectivity index (χ0) is 27.5. The molecule has 0 radical (unpaired) electrons. The molecule has 0 bridgehead atoms. The van der Waals surface area contributed by atoms with E-state index in [2.05, 4.69) is 32.0 Å². The lowest BCUT2D eigenvalue weighted by atomic mass is 10.0. The third kappa shape index (κ3) is 5.56. The number of hydrogen-bond donors (Lipinski definition) is 1. The monoisotopic (exact) mass is 548 g/mol. The molecule has 3 aromatic carbocycles. The van der Waals surface area contributed by atoms with Crippen molar-refractivity contribution in [1.82, 2.24) is 14.8 Å². The molecule has 9 nitrogen and oxygen atoms in total. The van der Waals surface area contributed by atoms with Gasteiger partial charge in [0.05, 0.1) is 6.61 Å². The number of nitrogen functional groups attached to an aromatic ring is 1. The number of benzene rings is 3. The molecule has 11 heteroatoms. The van der Waals surface area contributed by atoms with Crippen molar-refractivity contribution in [2.24, 2.45) is 0 Å². The van der Waals surface area contributed by atoms with Gasteiger partial charge in [-0.2, -0.15) is 5.10 Å². The summed E-state index contributed by atoms with van der Waals surface area (Å²) in [6.07, 6.45) is 2.38. The van der Waals surface area contributed by atoms with Gasteiger partial charge in [-0.3, -0.25) is 0 Å². The van der Waals surface area contributed by atoms with E-state index in [4.69, 9.17) is 19.9 Å². The van der Waals surface area contributed by atoms with E-state index >= 15 is 0 Å². The van der Waals surface area contributed by atoms with Crippen LogP contribution in [0.15, 0.2) is 79.4 Å². The minimum absolute atomic E-state index is 0.0480. The lowest BCUT2D eigenvalue weighted by Crippen LogP contribution is -2.46. The normalized spacial score (nSPS) is 21.1. The van der Waals surface area contributed by atoms with Gasteiger partial charge in [0.15, 0.2) is 0 Å². The summed E-state index contributed by atoms with van der Waals surface area (Å²) in [5.41, 5.74) is 8.98. The molecule has 1 aromatic heterocycles. The van der Waals surface area contributed by atoms with Crippen molar-refractivity contribution >= 4 is 17.1 Å². The van der Waals surface area contributed by atoms with Gasteiger partial charge in [-0.1, -0.05) is 0 Å². The summed E-state index contributed by atoms with van der Waals surface area (Å²) in [6, 6.07) is 19.3. The minimum Gasteiger partial charge on any atom is -0.491 e. The Labute approximate surface area is 230 Å². The quantitative estimate of drug-likeness (QED) is 0.333. The van der Waals surface area contributed by atoms with Gasteiger partial charge in [-0.05, 0) is 60.7 Å². The number of anilines is 3. The zero-order valence-corrected chi connectivity index (χ0v) is 21.8. The smallest absolute Gasteiger partial charge is 0.218 e. The number of hydrogen-bond acceptors (Lipinski definition) is 8. The Balaban J connectivity index is 1.06. The molecule has 2 fully saturated rings. The number of piperazine rings is 1. The molecule has 2 unspecified atom stereocenters. The van der Waals surface area contributed by atoms with E-state index in [0.717, 1.165) is 43.6 Å². The molecule has 2 atom stereocenters. The van der Waals surface area contributed by atoms with Gasteiger partial charge in [0.25, 0.3) is 0 Å². The summed E-state index contributed by atoms with van der Waals surface area (Å²) in [7, 11) is 0. The summed E-state index contributed by atoms with van der Waals surface area (Å²) in [5.74, 6) is -2.24. The fourth-order valence-corrected chi connectivity index (χ4v) is 5.13. The van der Waals surface area contributed by atoms with Gasteiger partial charge in [-0.25, -0.2) is 18.4 Å². The highest BCUT2D eigenvalue weighted by Gasteiger charge is 2.46. The molecular weight excluding hydrogens is 518 g/mol. The first-order chi connectivity index (χ1) is 19.5. The molecule has 0 spiro atoms. The van der Waals surface area contributed by atoms with Gasteiger partial charge in [-0.15, -0.1) is 0 Å². The molecule has 2 saturated heterocycles. The van der Waals surface area contributed by atoms with Crippen molar-refractivity contribution in [3.63, 3.8) is 0 Å². The number of rotatable bonds is 8. The van der Waals surface area contributed by atoms with E-state index in [9.17, 15) is 8.78 Å².